The standard InChI is InChI=1S/C29H48O4/c1-25(2)13-14-29(33-17-30)12-7-18-24(19(29)16-25)20(31)15-22-27(18,5)10-8-21-26(3,4)23(32)9-11-28(21,22)6/h17-24,31-32H,7-16H2,1-6H3. The summed E-state index contributed by atoms with van der Waals surface area (Å²) in [6, 6.07) is 0. The number of aliphatic hydroxyl groups is 2. The monoisotopic (exact) mass is 460 g/mol. The molecule has 5 aliphatic rings. The molecular formula is C29H48O4. The third-order valence-corrected chi connectivity index (χ3v) is 12.6. The van der Waals surface area contributed by atoms with Crippen LogP contribution in [0.4, 0.5) is 0 Å². The SMILES string of the molecule is CC1(C)CCC2(OC=O)CCC3C(C(O)CC4C3(C)CCC3C(C)(C)C(O)CCC34C)C2C1. The number of carbonyl (C=O) groups is 1. The van der Waals surface area contributed by atoms with Gasteiger partial charge in [-0.2, -0.15) is 0 Å². The zero-order valence-electron chi connectivity index (χ0n) is 21.9. The molecule has 0 aromatic heterocycles. The minimum Gasteiger partial charge on any atom is -0.461 e. The van der Waals surface area contributed by atoms with Crippen LogP contribution in [0.2, 0.25) is 0 Å². The van der Waals surface area contributed by atoms with Gasteiger partial charge in [0.15, 0.2) is 0 Å². The first-order valence-electron chi connectivity index (χ1n) is 13.8. The second-order valence-electron chi connectivity index (χ2n) is 14.8. The van der Waals surface area contributed by atoms with E-state index >= 15 is 0 Å². The predicted molar refractivity (Wildman–Crippen MR) is 129 cm³/mol. The molecule has 0 aliphatic heterocycles. The Kier molecular flexibility index (Phi) is 5.44. The van der Waals surface area contributed by atoms with E-state index in [1.165, 1.54) is 12.8 Å². The van der Waals surface area contributed by atoms with Crippen molar-refractivity contribution in [1.29, 1.82) is 0 Å². The van der Waals surface area contributed by atoms with Crippen LogP contribution in [0.3, 0.4) is 0 Å². The van der Waals surface area contributed by atoms with E-state index in [0.717, 1.165) is 51.4 Å². The molecule has 10 unspecified atom stereocenters. The lowest BCUT2D eigenvalue weighted by Gasteiger charge is -2.70. The van der Waals surface area contributed by atoms with Gasteiger partial charge in [0.2, 0.25) is 0 Å². The highest BCUT2D eigenvalue weighted by Gasteiger charge is 2.68. The Morgan fingerprint density at radius 2 is 1.48 bits per heavy atom. The molecule has 5 rings (SSSR count). The summed E-state index contributed by atoms with van der Waals surface area (Å²) in [7, 11) is 0. The van der Waals surface area contributed by atoms with Crippen molar-refractivity contribution in [1.82, 2.24) is 0 Å². The largest absolute Gasteiger partial charge is 0.461 e. The van der Waals surface area contributed by atoms with Crippen molar-refractivity contribution < 1.29 is 19.7 Å². The van der Waals surface area contributed by atoms with Gasteiger partial charge in [-0.15, -0.1) is 0 Å². The van der Waals surface area contributed by atoms with Gasteiger partial charge in [-0.3, -0.25) is 4.79 Å². The van der Waals surface area contributed by atoms with E-state index in [9.17, 15) is 15.0 Å². The predicted octanol–water partition coefficient (Wildman–Crippen LogP) is 5.74. The maximum absolute atomic E-state index is 11.8. The second kappa shape index (κ2) is 7.45. The van der Waals surface area contributed by atoms with Crippen molar-refractivity contribution in [2.75, 3.05) is 0 Å². The molecule has 33 heavy (non-hydrogen) atoms. The van der Waals surface area contributed by atoms with Crippen molar-refractivity contribution in [3.05, 3.63) is 0 Å². The van der Waals surface area contributed by atoms with E-state index in [2.05, 4.69) is 41.5 Å². The molecule has 4 nitrogen and oxygen atoms in total. The normalized spacial score (nSPS) is 54.7. The molecule has 2 N–H and O–H groups in total. The quantitative estimate of drug-likeness (QED) is 0.516. The van der Waals surface area contributed by atoms with Crippen molar-refractivity contribution in [3.8, 4) is 0 Å². The van der Waals surface area contributed by atoms with Gasteiger partial charge in [-0.25, -0.2) is 0 Å². The van der Waals surface area contributed by atoms with E-state index < -0.39 is 0 Å². The van der Waals surface area contributed by atoms with Gasteiger partial charge in [0.05, 0.1) is 12.2 Å². The van der Waals surface area contributed by atoms with Crippen LogP contribution in [-0.2, 0) is 9.53 Å². The number of hydrogen-bond donors (Lipinski definition) is 2. The number of rotatable bonds is 2. The molecule has 0 saturated heterocycles. The molecule has 0 spiro atoms. The maximum Gasteiger partial charge on any atom is 0.293 e. The van der Waals surface area contributed by atoms with Crippen LogP contribution >= 0.6 is 0 Å². The smallest absolute Gasteiger partial charge is 0.293 e. The topological polar surface area (TPSA) is 66.8 Å². The molecule has 10 atom stereocenters. The molecule has 5 aliphatic carbocycles. The van der Waals surface area contributed by atoms with Crippen LogP contribution in [0.15, 0.2) is 0 Å². The lowest BCUT2D eigenvalue weighted by molar-refractivity contribution is -0.256. The van der Waals surface area contributed by atoms with Gasteiger partial charge in [0.25, 0.3) is 6.47 Å². The first-order chi connectivity index (χ1) is 15.3. The summed E-state index contributed by atoms with van der Waals surface area (Å²) in [6.45, 7) is 15.0. The van der Waals surface area contributed by atoms with Gasteiger partial charge in [-0.05, 0) is 110 Å². The first kappa shape index (κ1) is 24.1. The minimum atomic E-state index is -0.374. The van der Waals surface area contributed by atoms with Crippen molar-refractivity contribution in [2.45, 2.75) is 124 Å². The highest BCUT2D eigenvalue weighted by atomic mass is 16.5. The number of aliphatic hydroxyl groups excluding tert-OH is 2. The van der Waals surface area contributed by atoms with Gasteiger partial charge in [0, 0.05) is 5.92 Å². The number of ether oxygens (including phenoxy) is 1. The van der Waals surface area contributed by atoms with E-state index in [0.29, 0.717) is 24.2 Å². The highest BCUT2D eigenvalue weighted by molar-refractivity contribution is 5.39. The molecule has 0 aromatic rings. The molecule has 188 valence electrons. The Balaban J connectivity index is 1.52. The van der Waals surface area contributed by atoms with Gasteiger partial charge in [-0.1, -0.05) is 41.5 Å². The molecule has 4 heteroatoms. The first-order valence-corrected chi connectivity index (χ1v) is 13.8. The third-order valence-electron chi connectivity index (χ3n) is 12.6. The Bertz CT molecular complexity index is 790. The fourth-order valence-corrected chi connectivity index (χ4v) is 10.9. The van der Waals surface area contributed by atoms with Gasteiger partial charge in [0.1, 0.15) is 5.60 Å². The average molecular weight is 461 g/mol. The Morgan fingerprint density at radius 1 is 0.788 bits per heavy atom. The van der Waals surface area contributed by atoms with E-state index in [1.54, 1.807) is 0 Å². The average Bonchev–Trinajstić information content (AvgIpc) is 2.73. The fourth-order valence-electron chi connectivity index (χ4n) is 10.9. The van der Waals surface area contributed by atoms with E-state index in [4.69, 9.17) is 4.74 Å². The van der Waals surface area contributed by atoms with E-state index in [-0.39, 0.29) is 51.3 Å². The molecule has 5 fully saturated rings. The van der Waals surface area contributed by atoms with E-state index in [1.807, 2.05) is 0 Å². The second-order valence-corrected chi connectivity index (χ2v) is 14.8. The summed E-state index contributed by atoms with van der Waals surface area (Å²) < 4.78 is 5.96. The summed E-state index contributed by atoms with van der Waals surface area (Å²) >= 11 is 0. The Morgan fingerprint density at radius 3 is 2.18 bits per heavy atom. The van der Waals surface area contributed by atoms with Gasteiger partial charge < -0.3 is 14.9 Å². The van der Waals surface area contributed by atoms with Gasteiger partial charge >= 0.3 is 0 Å². The van der Waals surface area contributed by atoms with Crippen molar-refractivity contribution >= 4 is 6.47 Å². The van der Waals surface area contributed by atoms with Crippen LogP contribution in [0, 0.1) is 51.2 Å². The zero-order chi connectivity index (χ0) is 24.0. The van der Waals surface area contributed by atoms with Crippen LogP contribution in [0.25, 0.3) is 0 Å². The summed E-state index contributed by atoms with van der Waals surface area (Å²) in [5.74, 6) is 1.96. The molecule has 0 bridgehead atoms. The summed E-state index contributed by atoms with van der Waals surface area (Å²) in [4.78, 5) is 11.6. The summed E-state index contributed by atoms with van der Waals surface area (Å²) in [6.07, 6.45) is 9.72. The molecule has 0 aromatic carbocycles. The summed E-state index contributed by atoms with van der Waals surface area (Å²) in [5.41, 5.74) is 0.167. The summed E-state index contributed by atoms with van der Waals surface area (Å²) in [5, 5.41) is 22.7. The molecular weight excluding hydrogens is 412 g/mol. The van der Waals surface area contributed by atoms with Crippen LogP contribution in [0.1, 0.15) is 106 Å². The maximum atomic E-state index is 11.8. The van der Waals surface area contributed by atoms with Crippen molar-refractivity contribution in [3.63, 3.8) is 0 Å². The molecule has 0 radical (unpaired) electrons. The number of carbonyl (C=O) groups excluding carboxylic acids is 1. The Hall–Kier alpha value is -0.610. The minimum absolute atomic E-state index is 0.0664. The van der Waals surface area contributed by atoms with Crippen LogP contribution in [0.5, 0.6) is 0 Å². The lowest BCUT2D eigenvalue weighted by atomic mass is 9.35. The molecule has 0 amide bonds. The molecule has 5 saturated carbocycles. The third kappa shape index (κ3) is 3.25. The molecule has 0 heterocycles. The van der Waals surface area contributed by atoms with Crippen LogP contribution in [-0.4, -0.2) is 34.5 Å². The highest BCUT2D eigenvalue weighted by Crippen LogP contribution is 2.72. The fraction of sp³-hybridized carbons (Fsp3) is 0.966. The lowest BCUT2D eigenvalue weighted by Crippen LogP contribution is -2.67. The van der Waals surface area contributed by atoms with Crippen molar-refractivity contribution in [2.24, 2.45) is 51.2 Å². The Labute approximate surface area is 201 Å². The van der Waals surface area contributed by atoms with Crippen LogP contribution < -0.4 is 0 Å². The number of fused-ring (bicyclic) bond motifs is 7. The zero-order valence-corrected chi connectivity index (χ0v) is 21.9. The number of hydrogen-bond acceptors (Lipinski definition) is 4.